The monoisotopic (exact) mass is 273 g/mol. The van der Waals surface area contributed by atoms with E-state index >= 15 is 0 Å². The molecule has 0 bridgehead atoms. The Kier molecular flexibility index (Phi) is 3.25. The first-order valence-electron chi connectivity index (χ1n) is 6.27. The summed E-state index contributed by atoms with van der Waals surface area (Å²) in [6, 6.07) is 11.7. The van der Waals surface area contributed by atoms with E-state index in [0.29, 0.717) is 17.2 Å². The van der Waals surface area contributed by atoms with Gasteiger partial charge in [-0.05, 0) is 30.0 Å². The highest BCUT2D eigenvalue weighted by atomic mass is 32.1. The van der Waals surface area contributed by atoms with Crippen molar-refractivity contribution in [1.82, 2.24) is 5.32 Å². The molecule has 98 valence electrons. The summed E-state index contributed by atoms with van der Waals surface area (Å²) in [7, 11) is 1.58. The predicted octanol–water partition coefficient (Wildman–Crippen LogP) is 3.04. The predicted molar refractivity (Wildman–Crippen MR) is 75.9 cm³/mol. The van der Waals surface area contributed by atoms with E-state index in [0.717, 1.165) is 6.42 Å². The number of methoxy groups -OCH3 is 1. The third-order valence-corrected chi connectivity index (χ3v) is 4.37. The van der Waals surface area contributed by atoms with Crippen molar-refractivity contribution in [3.63, 3.8) is 0 Å². The Balaban J connectivity index is 1.67. The Morgan fingerprint density at radius 3 is 2.89 bits per heavy atom. The Bertz CT molecular complexity index is 580. The highest BCUT2D eigenvalue weighted by molar-refractivity contribution is 7.10. The third-order valence-electron chi connectivity index (χ3n) is 3.37. The van der Waals surface area contributed by atoms with Crippen molar-refractivity contribution < 1.29 is 9.53 Å². The highest BCUT2D eigenvalue weighted by Crippen LogP contribution is 2.43. The fourth-order valence-electron chi connectivity index (χ4n) is 2.25. The molecule has 0 saturated heterocycles. The van der Waals surface area contributed by atoms with E-state index in [1.54, 1.807) is 30.6 Å². The molecule has 1 amide bonds. The van der Waals surface area contributed by atoms with Crippen LogP contribution in [0.2, 0.25) is 0 Å². The largest absolute Gasteiger partial charge is 0.496 e. The standard InChI is InChI=1S/C15H15NO2S/c1-18-13-6-3-2-5-10(13)15(17)16-12-9-11(12)14-7-4-8-19-14/h2-8,11-12H,9H2,1H3,(H,16,17). The van der Waals surface area contributed by atoms with Gasteiger partial charge in [-0.25, -0.2) is 0 Å². The highest BCUT2D eigenvalue weighted by Gasteiger charge is 2.40. The molecule has 1 saturated carbocycles. The van der Waals surface area contributed by atoms with Gasteiger partial charge in [-0.1, -0.05) is 18.2 Å². The number of carbonyl (C=O) groups is 1. The van der Waals surface area contributed by atoms with Crippen molar-refractivity contribution >= 4 is 17.2 Å². The van der Waals surface area contributed by atoms with Gasteiger partial charge in [0, 0.05) is 16.8 Å². The van der Waals surface area contributed by atoms with Crippen LogP contribution < -0.4 is 10.1 Å². The first-order valence-corrected chi connectivity index (χ1v) is 7.15. The van der Waals surface area contributed by atoms with E-state index in [2.05, 4.69) is 22.8 Å². The molecule has 0 aliphatic heterocycles. The zero-order valence-corrected chi connectivity index (χ0v) is 11.4. The zero-order chi connectivity index (χ0) is 13.2. The molecule has 4 heteroatoms. The average molecular weight is 273 g/mol. The van der Waals surface area contributed by atoms with Crippen LogP contribution in [0.15, 0.2) is 41.8 Å². The van der Waals surface area contributed by atoms with Crippen molar-refractivity contribution in [3.05, 3.63) is 52.2 Å². The van der Waals surface area contributed by atoms with Crippen LogP contribution in [-0.2, 0) is 0 Å². The molecule has 1 aliphatic rings. The molecule has 0 radical (unpaired) electrons. The lowest BCUT2D eigenvalue weighted by Gasteiger charge is -2.08. The lowest BCUT2D eigenvalue weighted by Crippen LogP contribution is -2.26. The van der Waals surface area contributed by atoms with Crippen molar-refractivity contribution in [2.75, 3.05) is 7.11 Å². The third kappa shape index (κ3) is 2.49. The molecule has 2 atom stereocenters. The topological polar surface area (TPSA) is 38.3 Å². The summed E-state index contributed by atoms with van der Waals surface area (Å²) in [6.07, 6.45) is 1.03. The van der Waals surface area contributed by atoms with E-state index in [1.807, 2.05) is 12.1 Å². The van der Waals surface area contributed by atoms with E-state index in [4.69, 9.17) is 4.74 Å². The van der Waals surface area contributed by atoms with E-state index < -0.39 is 0 Å². The van der Waals surface area contributed by atoms with Crippen LogP contribution in [0.4, 0.5) is 0 Å². The average Bonchev–Trinajstić information content (AvgIpc) is 3.00. The van der Waals surface area contributed by atoms with Gasteiger partial charge in [-0.3, -0.25) is 4.79 Å². The van der Waals surface area contributed by atoms with Crippen LogP contribution in [0.1, 0.15) is 27.6 Å². The number of carbonyl (C=O) groups excluding carboxylic acids is 1. The summed E-state index contributed by atoms with van der Waals surface area (Å²) < 4.78 is 5.21. The molecule has 1 N–H and O–H groups in total. The molecule has 1 aliphatic carbocycles. The number of amides is 1. The minimum atomic E-state index is -0.0542. The van der Waals surface area contributed by atoms with Gasteiger partial charge in [0.15, 0.2) is 0 Å². The maximum Gasteiger partial charge on any atom is 0.255 e. The number of rotatable bonds is 4. The molecular weight excluding hydrogens is 258 g/mol. The number of para-hydroxylation sites is 1. The number of ether oxygens (including phenoxy) is 1. The van der Waals surface area contributed by atoms with Gasteiger partial charge in [-0.2, -0.15) is 0 Å². The van der Waals surface area contributed by atoms with E-state index in [9.17, 15) is 4.79 Å². The van der Waals surface area contributed by atoms with Gasteiger partial charge in [0.25, 0.3) is 5.91 Å². The Labute approximate surface area is 116 Å². The molecule has 1 fully saturated rings. The summed E-state index contributed by atoms with van der Waals surface area (Å²) in [5, 5.41) is 5.15. The van der Waals surface area contributed by atoms with Gasteiger partial charge in [0.05, 0.1) is 12.7 Å². The molecule has 0 spiro atoms. The number of hydrogen-bond donors (Lipinski definition) is 1. The lowest BCUT2D eigenvalue weighted by atomic mass is 10.2. The second-order valence-corrected chi connectivity index (χ2v) is 5.62. The fraction of sp³-hybridized carbons (Fsp3) is 0.267. The Morgan fingerprint density at radius 2 is 2.16 bits per heavy atom. The van der Waals surface area contributed by atoms with Gasteiger partial charge in [0.1, 0.15) is 5.75 Å². The number of hydrogen-bond acceptors (Lipinski definition) is 3. The summed E-state index contributed by atoms with van der Waals surface area (Å²) in [6.45, 7) is 0. The van der Waals surface area contributed by atoms with Crippen LogP contribution in [0.3, 0.4) is 0 Å². The molecule has 19 heavy (non-hydrogen) atoms. The SMILES string of the molecule is COc1ccccc1C(=O)NC1CC1c1cccs1. The van der Waals surface area contributed by atoms with Gasteiger partial charge in [-0.15, -0.1) is 11.3 Å². The summed E-state index contributed by atoms with van der Waals surface area (Å²) in [5.74, 6) is 1.05. The molecule has 1 heterocycles. The van der Waals surface area contributed by atoms with Crippen LogP contribution in [0.25, 0.3) is 0 Å². The smallest absolute Gasteiger partial charge is 0.255 e. The minimum absolute atomic E-state index is 0.0542. The van der Waals surface area contributed by atoms with Crippen molar-refractivity contribution in [1.29, 1.82) is 0 Å². The summed E-state index contributed by atoms with van der Waals surface area (Å²) >= 11 is 1.75. The molecule has 1 aromatic heterocycles. The molecule has 3 nitrogen and oxygen atoms in total. The van der Waals surface area contributed by atoms with Gasteiger partial charge >= 0.3 is 0 Å². The zero-order valence-electron chi connectivity index (χ0n) is 10.6. The molecule has 1 aromatic carbocycles. The molecule has 2 unspecified atom stereocenters. The maximum absolute atomic E-state index is 12.2. The number of nitrogens with one attached hydrogen (secondary N) is 1. The molecule has 2 aromatic rings. The van der Waals surface area contributed by atoms with Crippen LogP contribution in [0, 0.1) is 0 Å². The number of thiophene rings is 1. The second-order valence-electron chi connectivity index (χ2n) is 4.64. The summed E-state index contributed by atoms with van der Waals surface area (Å²) in [4.78, 5) is 13.6. The second kappa shape index (κ2) is 5.05. The Hall–Kier alpha value is -1.81. The number of benzene rings is 1. The summed E-state index contributed by atoms with van der Waals surface area (Å²) in [5.41, 5.74) is 0.599. The first kappa shape index (κ1) is 12.2. The van der Waals surface area contributed by atoms with Crippen LogP contribution in [-0.4, -0.2) is 19.1 Å². The normalized spacial score (nSPS) is 20.9. The quantitative estimate of drug-likeness (QED) is 0.930. The lowest BCUT2D eigenvalue weighted by molar-refractivity contribution is 0.0947. The first-order chi connectivity index (χ1) is 9.29. The molecule has 3 rings (SSSR count). The van der Waals surface area contributed by atoms with Gasteiger partial charge in [0.2, 0.25) is 0 Å². The van der Waals surface area contributed by atoms with Crippen molar-refractivity contribution in [2.24, 2.45) is 0 Å². The van der Waals surface area contributed by atoms with Gasteiger partial charge < -0.3 is 10.1 Å². The fourth-order valence-corrected chi connectivity index (χ4v) is 3.16. The van der Waals surface area contributed by atoms with Crippen molar-refractivity contribution in [3.8, 4) is 5.75 Å². The van der Waals surface area contributed by atoms with Crippen molar-refractivity contribution in [2.45, 2.75) is 18.4 Å². The van der Waals surface area contributed by atoms with Crippen LogP contribution >= 0.6 is 11.3 Å². The van der Waals surface area contributed by atoms with E-state index in [1.165, 1.54) is 4.88 Å². The Morgan fingerprint density at radius 1 is 1.32 bits per heavy atom. The van der Waals surface area contributed by atoms with Crippen LogP contribution in [0.5, 0.6) is 5.75 Å². The van der Waals surface area contributed by atoms with E-state index in [-0.39, 0.29) is 11.9 Å². The minimum Gasteiger partial charge on any atom is -0.496 e. The molecular formula is C15H15NO2S. The maximum atomic E-state index is 12.2.